The molecule has 6 nitrogen and oxygen atoms in total. The van der Waals surface area contributed by atoms with Crippen molar-refractivity contribution in [2.24, 2.45) is 0 Å². The van der Waals surface area contributed by atoms with Crippen LogP contribution in [0.1, 0.15) is 13.3 Å². The Labute approximate surface area is 144 Å². The molecular weight excluding hydrogens is 344 g/mol. The quantitative estimate of drug-likeness (QED) is 0.747. The first kappa shape index (κ1) is 20.3. The lowest BCUT2D eigenvalue weighted by Gasteiger charge is -2.13. The van der Waals surface area contributed by atoms with E-state index in [2.05, 4.69) is 16.0 Å². The summed E-state index contributed by atoms with van der Waals surface area (Å²) in [4.78, 5) is 23.7. The number of anilines is 2. The van der Waals surface area contributed by atoms with Crippen molar-refractivity contribution in [2.75, 3.05) is 24.3 Å². The molecule has 1 aliphatic rings. The van der Waals surface area contributed by atoms with Gasteiger partial charge in [0.1, 0.15) is 6.10 Å². The highest BCUT2D eigenvalue weighted by Gasteiger charge is 2.42. The number of benzene rings is 1. The maximum absolute atomic E-state index is 13.1. The Morgan fingerprint density at radius 2 is 1.96 bits per heavy atom. The first-order valence-electron chi connectivity index (χ1n) is 7.16. The summed E-state index contributed by atoms with van der Waals surface area (Å²) in [6.07, 6.45) is -1.14. The van der Waals surface area contributed by atoms with E-state index in [1.54, 1.807) is 31.2 Å². The summed E-state index contributed by atoms with van der Waals surface area (Å²) in [5.74, 6) is -3.72. The normalized spacial score (nSPS) is 19.9. The molecule has 2 unspecified atom stereocenters. The van der Waals surface area contributed by atoms with Crippen molar-refractivity contribution >= 4 is 35.6 Å². The minimum Gasteiger partial charge on any atom is -0.372 e. The molecule has 0 aromatic heterocycles. The summed E-state index contributed by atoms with van der Waals surface area (Å²) < 4.78 is 31.1. The Hall–Kier alpha value is -1.77. The number of halogens is 3. The molecule has 9 heteroatoms. The third-order valence-electron chi connectivity index (χ3n) is 3.55. The van der Waals surface area contributed by atoms with Crippen LogP contribution in [0, 0.1) is 0 Å². The molecule has 1 aromatic carbocycles. The molecule has 0 saturated carbocycles. The average molecular weight is 364 g/mol. The van der Waals surface area contributed by atoms with Crippen LogP contribution in [0.15, 0.2) is 24.3 Å². The predicted octanol–water partition coefficient (Wildman–Crippen LogP) is 2.02. The number of carbonyl (C=O) groups excluding carboxylic acids is 2. The summed E-state index contributed by atoms with van der Waals surface area (Å²) in [5, 5.41) is 7.69. The highest BCUT2D eigenvalue weighted by Crippen LogP contribution is 2.26. The maximum Gasteiger partial charge on any atom is 0.262 e. The zero-order chi connectivity index (χ0) is 17.0. The van der Waals surface area contributed by atoms with Crippen LogP contribution in [0.2, 0.25) is 0 Å². The van der Waals surface area contributed by atoms with Gasteiger partial charge in [-0.25, -0.2) is 8.78 Å². The van der Waals surface area contributed by atoms with Gasteiger partial charge in [-0.1, -0.05) is 6.07 Å². The second-order valence-electron chi connectivity index (χ2n) is 5.43. The van der Waals surface area contributed by atoms with Crippen LogP contribution < -0.4 is 16.0 Å². The summed E-state index contributed by atoms with van der Waals surface area (Å²) in [5.41, 5.74) is 0.885. The van der Waals surface area contributed by atoms with Crippen molar-refractivity contribution in [1.82, 2.24) is 5.32 Å². The van der Waals surface area contributed by atoms with E-state index in [1.807, 2.05) is 0 Å². The molecule has 3 N–H and O–H groups in total. The SMILES string of the molecule is COC(C)C(=O)Nc1cccc(NC(=O)C2CC(F)(F)CN2)c1.Cl. The van der Waals surface area contributed by atoms with E-state index in [9.17, 15) is 18.4 Å². The zero-order valence-electron chi connectivity index (χ0n) is 13.3. The number of ether oxygens (including phenoxy) is 1. The van der Waals surface area contributed by atoms with E-state index in [4.69, 9.17) is 4.74 Å². The number of hydrogen-bond donors (Lipinski definition) is 3. The van der Waals surface area contributed by atoms with Crippen LogP contribution in [0.4, 0.5) is 20.2 Å². The fourth-order valence-electron chi connectivity index (χ4n) is 2.16. The highest BCUT2D eigenvalue weighted by atomic mass is 35.5. The van der Waals surface area contributed by atoms with Crippen LogP contribution in [0.5, 0.6) is 0 Å². The fourth-order valence-corrected chi connectivity index (χ4v) is 2.16. The molecule has 1 aliphatic heterocycles. The van der Waals surface area contributed by atoms with Crippen LogP contribution in [-0.4, -0.2) is 43.5 Å². The van der Waals surface area contributed by atoms with Gasteiger partial charge >= 0.3 is 0 Å². The molecule has 24 heavy (non-hydrogen) atoms. The first-order chi connectivity index (χ1) is 10.8. The van der Waals surface area contributed by atoms with Crippen molar-refractivity contribution in [2.45, 2.75) is 31.4 Å². The van der Waals surface area contributed by atoms with Crippen molar-refractivity contribution in [3.8, 4) is 0 Å². The molecule has 1 heterocycles. The van der Waals surface area contributed by atoms with Crippen LogP contribution in [-0.2, 0) is 14.3 Å². The van der Waals surface area contributed by atoms with Gasteiger partial charge in [0.05, 0.1) is 12.6 Å². The Morgan fingerprint density at radius 3 is 2.50 bits per heavy atom. The van der Waals surface area contributed by atoms with Crippen LogP contribution in [0.3, 0.4) is 0 Å². The van der Waals surface area contributed by atoms with E-state index >= 15 is 0 Å². The molecule has 0 aliphatic carbocycles. The molecule has 1 fully saturated rings. The Bertz CT molecular complexity index is 601. The topological polar surface area (TPSA) is 79.5 Å². The monoisotopic (exact) mass is 363 g/mol. The van der Waals surface area contributed by atoms with Gasteiger partial charge in [-0.15, -0.1) is 12.4 Å². The fraction of sp³-hybridized carbons (Fsp3) is 0.467. The second kappa shape index (κ2) is 8.36. The first-order valence-corrected chi connectivity index (χ1v) is 7.16. The van der Waals surface area contributed by atoms with Crippen molar-refractivity contribution < 1.29 is 23.1 Å². The largest absolute Gasteiger partial charge is 0.372 e. The Kier molecular flexibility index (Phi) is 7.07. The molecule has 2 rings (SSSR count). The molecule has 2 amide bonds. The lowest BCUT2D eigenvalue weighted by Crippen LogP contribution is -2.35. The maximum atomic E-state index is 13.1. The third-order valence-corrected chi connectivity index (χ3v) is 3.55. The average Bonchev–Trinajstić information content (AvgIpc) is 2.87. The van der Waals surface area contributed by atoms with Gasteiger partial charge in [0.2, 0.25) is 5.91 Å². The zero-order valence-corrected chi connectivity index (χ0v) is 14.1. The van der Waals surface area contributed by atoms with Crippen LogP contribution >= 0.6 is 12.4 Å². The smallest absolute Gasteiger partial charge is 0.262 e. The van der Waals surface area contributed by atoms with Crippen LogP contribution in [0.25, 0.3) is 0 Å². The van der Waals surface area contributed by atoms with Crippen molar-refractivity contribution in [1.29, 1.82) is 0 Å². The lowest BCUT2D eigenvalue weighted by molar-refractivity contribution is -0.124. The molecule has 2 atom stereocenters. The Balaban J connectivity index is 0.00000288. The summed E-state index contributed by atoms with van der Waals surface area (Å²) in [6.45, 7) is 1.10. The molecule has 0 radical (unpaired) electrons. The number of nitrogens with one attached hydrogen (secondary N) is 3. The number of methoxy groups -OCH3 is 1. The highest BCUT2D eigenvalue weighted by molar-refractivity contribution is 5.97. The van der Waals surface area contributed by atoms with Gasteiger partial charge in [-0.2, -0.15) is 0 Å². The molecule has 0 spiro atoms. The minimum absolute atomic E-state index is 0. The Morgan fingerprint density at radius 1 is 1.33 bits per heavy atom. The van der Waals surface area contributed by atoms with E-state index in [0.29, 0.717) is 11.4 Å². The molecular formula is C15H20ClF2N3O3. The number of alkyl halides is 2. The van der Waals surface area contributed by atoms with Gasteiger partial charge in [0, 0.05) is 24.9 Å². The second-order valence-corrected chi connectivity index (χ2v) is 5.43. The number of hydrogen-bond acceptors (Lipinski definition) is 4. The van der Waals surface area contributed by atoms with Gasteiger partial charge < -0.3 is 15.4 Å². The summed E-state index contributed by atoms with van der Waals surface area (Å²) in [6, 6.07) is 5.51. The number of amides is 2. The number of rotatable bonds is 5. The van der Waals surface area contributed by atoms with Gasteiger partial charge in [0.25, 0.3) is 11.8 Å². The molecule has 134 valence electrons. The van der Waals surface area contributed by atoms with Gasteiger partial charge in [0.15, 0.2) is 0 Å². The van der Waals surface area contributed by atoms with Gasteiger partial charge in [-0.05, 0) is 25.1 Å². The minimum atomic E-state index is -2.87. The third kappa shape index (κ3) is 5.40. The summed E-state index contributed by atoms with van der Waals surface area (Å²) >= 11 is 0. The van der Waals surface area contributed by atoms with E-state index in [-0.39, 0.29) is 18.3 Å². The summed E-state index contributed by atoms with van der Waals surface area (Å²) in [7, 11) is 1.42. The van der Waals surface area contributed by atoms with Crippen molar-refractivity contribution in [3.63, 3.8) is 0 Å². The molecule has 1 aromatic rings. The van der Waals surface area contributed by atoms with E-state index < -0.39 is 36.9 Å². The van der Waals surface area contributed by atoms with Gasteiger partial charge in [-0.3, -0.25) is 14.9 Å². The molecule has 0 bridgehead atoms. The number of carbonyl (C=O) groups is 2. The van der Waals surface area contributed by atoms with Crippen molar-refractivity contribution in [3.05, 3.63) is 24.3 Å². The molecule has 1 saturated heterocycles. The van der Waals surface area contributed by atoms with E-state index in [1.165, 1.54) is 7.11 Å². The lowest BCUT2D eigenvalue weighted by atomic mass is 10.1. The predicted molar refractivity (Wildman–Crippen MR) is 88.8 cm³/mol. The standard InChI is InChI=1S/C15H19F2N3O3.ClH/c1-9(23-2)13(21)19-10-4-3-5-11(6-10)20-14(22)12-7-15(16,17)8-18-12;/h3-6,9,12,18H,7-8H2,1-2H3,(H,19,21)(H,20,22);1H. The van der Waals surface area contributed by atoms with E-state index in [0.717, 1.165) is 0 Å².